The van der Waals surface area contributed by atoms with Crippen LogP contribution in [-0.2, 0) is 4.79 Å². The summed E-state index contributed by atoms with van der Waals surface area (Å²) < 4.78 is 20.5. The van der Waals surface area contributed by atoms with Gasteiger partial charge >= 0.3 is 0 Å². The highest BCUT2D eigenvalue weighted by Gasteiger charge is 2.50. The molecule has 2 aliphatic heterocycles. The maximum Gasteiger partial charge on any atom is 0.282 e. The molecule has 2 aromatic rings. The minimum atomic E-state index is -0.509. The Balaban J connectivity index is 1.40. The lowest BCUT2D eigenvalue weighted by atomic mass is 9.76. The van der Waals surface area contributed by atoms with Gasteiger partial charge in [-0.25, -0.2) is 9.37 Å². The molecule has 0 unspecified atom stereocenters. The van der Waals surface area contributed by atoms with Crippen molar-refractivity contribution in [3.05, 3.63) is 35.9 Å². The minimum Gasteiger partial charge on any atom is -0.434 e. The van der Waals surface area contributed by atoms with Gasteiger partial charge in [0.15, 0.2) is 5.82 Å². The summed E-state index contributed by atoms with van der Waals surface area (Å²) in [5.74, 6) is 0.858. The van der Waals surface area contributed by atoms with Gasteiger partial charge in [0.1, 0.15) is 17.9 Å². The molecule has 2 fully saturated rings. The van der Waals surface area contributed by atoms with E-state index in [4.69, 9.17) is 4.74 Å². The highest BCUT2D eigenvalue weighted by Crippen LogP contribution is 2.44. The molecule has 1 spiro atoms. The van der Waals surface area contributed by atoms with Crippen LogP contribution in [0, 0.1) is 17.2 Å². The zero-order valence-corrected chi connectivity index (χ0v) is 28.3. The first-order valence-corrected chi connectivity index (χ1v) is 16.2. The average Bonchev–Trinajstić information content (AvgIpc) is 3.41. The number of hydrogen-bond donors (Lipinski definition) is 0. The summed E-state index contributed by atoms with van der Waals surface area (Å²) in [5.41, 5.74) is 0.310. The Bertz CT molecular complexity index is 1320. The molecule has 2 saturated heterocycles. The standard InChI is InChI=1S/C33H51FN8O3/c1-9-42(24(4)5)32(44)26-17-25(34)12-13-28(26)45-31-30(35-22-36-37-31)40-16-14-33(19-40)20-41(21-33)27(23(2)3)11-10-15-39(8)18-29(43)38(6)7/h12-13,17,22-24,27H,9-11,14-16,18-21H2,1-8H3/t27-/m1/s1. The molecule has 0 radical (unpaired) electrons. The quantitative estimate of drug-likeness (QED) is 0.308. The average molecular weight is 627 g/mol. The third-order valence-corrected chi connectivity index (χ3v) is 9.17. The van der Waals surface area contributed by atoms with Crippen molar-refractivity contribution in [3.63, 3.8) is 0 Å². The Morgan fingerprint density at radius 1 is 1.11 bits per heavy atom. The predicted molar refractivity (Wildman–Crippen MR) is 173 cm³/mol. The summed E-state index contributed by atoms with van der Waals surface area (Å²) in [6, 6.07) is 4.40. The molecule has 1 atom stereocenters. The smallest absolute Gasteiger partial charge is 0.282 e. The minimum absolute atomic E-state index is 0.0504. The highest BCUT2D eigenvalue weighted by atomic mass is 19.1. The van der Waals surface area contributed by atoms with Crippen molar-refractivity contribution in [2.45, 2.75) is 66.0 Å². The third kappa shape index (κ3) is 8.26. The van der Waals surface area contributed by atoms with Gasteiger partial charge in [-0.2, -0.15) is 0 Å². The Kier molecular flexibility index (Phi) is 11.4. The Morgan fingerprint density at radius 3 is 2.49 bits per heavy atom. The van der Waals surface area contributed by atoms with Gasteiger partial charge in [-0.15, -0.1) is 10.2 Å². The first-order valence-electron chi connectivity index (χ1n) is 16.2. The Morgan fingerprint density at radius 2 is 1.84 bits per heavy atom. The molecule has 4 rings (SSSR count). The first kappa shape index (κ1) is 34.5. The predicted octanol–water partition coefficient (Wildman–Crippen LogP) is 4.01. The SMILES string of the molecule is CCN(C(=O)c1cc(F)ccc1Oc1nncnc1N1CCC2(C1)CN([C@H](CCCN(C)CC(=O)N(C)C)C(C)C)C2)C(C)C. The van der Waals surface area contributed by atoms with Crippen LogP contribution in [0.5, 0.6) is 11.6 Å². The second kappa shape index (κ2) is 14.8. The van der Waals surface area contributed by atoms with Crippen LogP contribution in [-0.4, -0.2) is 126 Å². The van der Waals surface area contributed by atoms with Gasteiger partial charge < -0.3 is 19.4 Å². The fourth-order valence-corrected chi connectivity index (χ4v) is 6.69. The van der Waals surface area contributed by atoms with Crippen LogP contribution < -0.4 is 9.64 Å². The fourth-order valence-electron chi connectivity index (χ4n) is 6.69. The summed E-state index contributed by atoms with van der Waals surface area (Å²) >= 11 is 0. The molecule has 248 valence electrons. The van der Waals surface area contributed by atoms with E-state index in [1.807, 2.05) is 27.8 Å². The molecule has 0 saturated carbocycles. The molecule has 12 heteroatoms. The summed E-state index contributed by atoms with van der Waals surface area (Å²) in [6.07, 6.45) is 4.58. The van der Waals surface area contributed by atoms with E-state index in [0.717, 1.165) is 52.0 Å². The van der Waals surface area contributed by atoms with E-state index in [2.05, 4.69) is 43.7 Å². The lowest BCUT2D eigenvalue weighted by molar-refractivity contribution is -0.129. The number of benzene rings is 1. The van der Waals surface area contributed by atoms with E-state index in [0.29, 0.717) is 30.9 Å². The van der Waals surface area contributed by atoms with Crippen LogP contribution >= 0.6 is 0 Å². The van der Waals surface area contributed by atoms with Gasteiger partial charge in [0.05, 0.1) is 12.1 Å². The van der Waals surface area contributed by atoms with Gasteiger partial charge in [-0.3, -0.25) is 19.4 Å². The normalized spacial score (nSPS) is 16.8. The summed E-state index contributed by atoms with van der Waals surface area (Å²) in [7, 11) is 5.60. The number of halogens is 1. The molecule has 1 aromatic heterocycles. The van der Waals surface area contributed by atoms with Crippen LogP contribution in [0.1, 0.15) is 64.2 Å². The molecular formula is C33H51FN8O3. The number of ether oxygens (including phenoxy) is 1. The van der Waals surface area contributed by atoms with Gasteiger partial charge in [0, 0.05) is 64.3 Å². The Hall–Kier alpha value is -3.38. The van der Waals surface area contributed by atoms with E-state index >= 15 is 0 Å². The molecule has 0 aliphatic carbocycles. The van der Waals surface area contributed by atoms with E-state index in [1.54, 1.807) is 23.9 Å². The van der Waals surface area contributed by atoms with E-state index < -0.39 is 5.82 Å². The van der Waals surface area contributed by atoms with Gasteiger partial charge in [-0.1, -0.05) is 13.8 Å². The molecule has 11 nitrogen and oxygen atoms in total. The van der Waals surface area contributed by atoms with E-state index in [9.17, 15) is 14.0 Å². The molecular weight excluding hydrogens is 575 g/mol. The van der Waals surface area contributed by atoms with Crippen LogP contribution in [0.15, 0.2) is 24.5 Å². The van der Waals surface area contributed by atoms with Crippen molar-refractivity contribution in [3.8, 4) is 11.6 Å². The summed E-state index contributed by atoms with van der Waals surface area (Å²) in [5, 5.41) is 8.20. The number of amides is 2. The lowest BCUT2D eigenvalue weighted by Gasteiger charge is -2.53. The Labute approximate surface area is 267 Å². The number of nitrogens with zero attached hydrogens (tertiary/aromatic N) is 8. The number of anilines is 1. The topological polar surface area (TPSA) is 98.2 Å². The molecule has 3 heterocycles. The molecule has 1 aromatic carbocycles. The van der Waals surface area contributed by atoms with Crippen molar-refractivity contribution in [2.75, 3.05) is 71.9 Å². The summed E-state index contributed by atoms with van der Waals surface area (Å²) in [6.45, 7) is 15.8. The second-order valence-corrected chi connectivity index (χ2v) is 13.6. The molecule has 0 N–H and O–H groups in total. The number of rotatable bonds is 14. The van der Waals surface area contributed by atoms with Crippen molar-refractivity contribution >= 4 is 17.6 Å². The van der Waals surface area contributed by atoms with Crippen LogP contribution in [0.4, 0.5) is 10.2 Å². The zero-order valence-electron chi connectivity index (χ0n) is 28.3. The maximum absolute atomic E-state index is 14.3. The third-order valence-electron chi connectivity index (χ3n) is 9.17. The van der Waals surface area contributed by atoms with Gasteiger partial charge in [0.2, 0.25) is 5.91 Å². The van der Waals surface area contributed by atoms with Crippen LogP contribution in [0.25, 0.3) is 0 Å². The number of carbonyl (C=O) groups is 2. The van der Waals surface area contributed by atoms with Crippen LogP contribution in [0.2, 0.25) is 0 Å². The van der Waals surface area contributed by atoms with Crippen LogP contribution in [0.3, 0.4) is 0 Å². The molecule has 45 heavy (non-hydrogen) atoms. The number of hydrogen-bond acceptors (Lipinski definition) is 9. The largest absolute Gasteiger partial charge is 0.434 e. The van der Waals surface area contributed by atoms with Gasteiger partial charge in [-0.05, 0) is 77.7 Å². The molecule has 2 amide bonds. The van der Waals surface area contributed by atoms with Crippen molar-refractivity contribution < 1.29 is 18.7 Å². The van der Waals surface area contributed by atoms with Crippen molar-refractivity contribution in [1.29, 1.82) is 0 Å². The zero-order chi connectivity index (χ0) is 32.9. The second-order valence-electron chi connectivity index (χ2n) is 13.6. The fraction of sp³-hybridized carbons (Fsp3) is 0.667. The number of carbonyl (C=O) groups excluding carboxylic acids is 2. The molecule has 2 aliphatic rings. The van der Waals surface area contributed by atoms with Crippen molar-refractivity contribution in [2.24, 2.45) is 11.3 Å². The first-order chi connectivity index (χ1) is 21.3. The lowest BCUT2D eigenvalue weighted by Crippen LogP contribution is -2.62. The highest BCUT2D eigenvalue weighted by molar-refractivity contribution is 5.97. The number of likely N-dealkylation sites (N-methyl/N-ethyl adjacent to an activating group) is 2. The van der Waals surface area contributed by atoms with Crippen molar-refractivity contribution in [1.82, 2.24) is 34.8 Å². The number of aromatic nitrogens is 3. The monoisotopic (exact) mass is 626 g/mol. The van der Waals surface area contributed by atoms with E-state index in [1.165, 1.54) is 24.5 Å². The van der Waals surface area contributed by atoms with E-state index in [-0.39, 0.29) is 40.5 Å². The number of likely N-dealkylation sites (tertiary alicyclic amines) is 1. The maximum atomic E-state index is 14.3. The molecule has 0 bridgehead atoms. The summed E-state index contributed by atoms with van der Waals surface area (Å²) in [4.78, 5) is 40.1. The van der Waals surface area contributed by atoms with Gasteiger partial charge in [0.25, 0.3) is 11.8 Å².